The van der Waals surface area contributed by atoms with Gasteiger partial charge in [-0.1, -0.05) is 30.7 Å². The molecule has 2 aromatic carbocycles. The van der Waals surface area contributed by atoms with Gasteiger partial charge in [-0.3, -0.25) is 14.4 Å². The fourth-order valence-electron chi connectivity index (χ4n) is 8.45. The Hall–Kier alpha value is -3.71. The number of anilines is 1. The van der Waals surface area contributed by atoms with Gasteiger partial charge in [-0.2, -0.15) is 0 Å². The molecule has 2 saturated carbocycles. The fourth-order valence-corrected chi connectivity index (χ4v) is 8.45. The molecular weight excluding hydrogens is 642 g/mol. The van der Waals surface area contributed by atoms with Gasteiger partial charge in [0.05, 0.1) is 58.5 Å². The summed E-state index contributed by atoms with van der Waals surface area (Å²) in [7, 11) is 1.34. The molecule has 12 heteroatoms. The Balaban J connectivity index is 0.872. The van der Waals surface area contributed by atoms with E-state index >= 15 is 0 Å². The van der Waals surface area contributed by atoms with Crippen LogP contribution < -0.4 is 21.1 Å². The summed E-state index contributed by atoms with van der Waals surface area (Å²) in [6.45, 7) is 6.68. The number of hydrogen-bond acceptors (Lipinski definition) is 9. The van der Waals surface area contributed by atoms with E-state index in [9.17, 15) is 19.5 Å². The smallest absolute Gasteiger partial charge is 0.256 e. The van der Waals surface area contributed by atoms with E-state index in [2.05, 4.69) is 42.7 Å². The first-order valence-electron chi connectivity index (χ1n) is 17.8. The van der Waals surface area contributed by atoms with Crippen LogP contribution in [0.5, 0.6) is 11.5 Å². The molecule has 0 heterocycles. The molecule has 12 nitrogen and oxygen atoms in total. The van der Waals surface area contributed by atoms with Crippen molar-refractivity contribution in [1.29, 1.82) is 0 Å². The second kappa shape index (κ2) is 17.5. The van der Waals surface area contributed by atoms with E-state index in [-0.39, 0.29) is 54.2 Å². The number of ether oxygens (including phenoxy) is 5. The van der Waals surface area contributed by atoms with Crippen molar-refractivity contribution in [2.75, 3.05) is 65.2 Å². The zero-order chi connectivity index (χ0) is 35.7. The number of primary amides is 1. The Kier molecular flexibility index (Phi) is 13.1. The molecule has 0 saturated heterocycles. The molecule has 4 unspecified atom stereocenters. The summed E-state index contributed by atoms with van der Waals surface area (Å²) in [5.41, 5.74) is 9.79. The first-order valence-corrected chi connectivity index (χ1v) is 17.8. The zero-order valence-corrected chi connectivity index (χ0v) is 29.6. The van der Waals surface area contributed by atoms with Crippen LogP contribution in [-0.2, 0) is 35.0 Å². The minimum absolute atomic E-state index is 0.0150. The molecule has 0 spiro atoms. The van der Waals surface area contributed by atoms with E-state index in [1.807, 2.05) is 0 Å². The Morgan fingerprint density at radius 3 is 2.46 bits per heavy atom. The van der Waals surface area contributed by atoms with Crippen LogP contribution in [0.25, 0.3) is 0 Å². The predicted octanol–water partition coefficient (Wildman–Crippen LogP) is 4.24. The molecule has 0 aromatic heterocycles. The third-order valence-electron chi connectivity index (χ3n) is 10.9. The molecular formula is C38H53N3O9. The number of phenols is 1. The number of aryl methyl sites for hydroxylation is 2. The van der Waals surface area contributed by atoms with Crippen molar-refractivity contribution in [3.8, 4) is 11.5 Å². The van der Waals surface area contributed by atoms with Crippen molar-refractivity contribution in [2.45, 2.75) is 70.8 Å². The van der Waals surface area contributed by atoms with Gasteiger partial charge in [-0.05, 0) is 91.9 Å². The Labute approximate surface area is 294 Å². The molecule has 50 heavy (non-hydrogen) atoms. The average Bonchev–Trinajstić information content (AvgIpc) is 3.43. The Morgan fingerprint density at radius 1 is 0.940 bits per heavy atom. The van der Waals surface area contributed by atoms with E-state index in [0.29, 0.717) is 51.2 Å². The van der Waals surface area contributed by atoms with Crippen molar-refractivity contribution >= 4 is 23.4 Å². The maximum atomic E-state index is 12.4. The number of carbonyl (C=O) groups is 3. The molecule has 274 valence electrons. The standard InChI is InChI=1S/C38H53N3O9/c1-24-4-6-26-25(22-24)5-7-28-27(26)12-14-38(2)29(28)8-11-32(38)50-16-13-33(42)40-15-17-47-18-19-48-20-21-49-23-34(43)41-30-9-10-31(46-3)35(36(30)44)37(39)45/h4,6,9-10,22,27-29,32,44H,5,7-8,11-21,23H2,1-3H3,(H2,39,45)(H,40,42)(H,41,43)/t27?,28?,29?,32-,38?/m1/s1. The van der Waals surface area contributed by atoms with Crippen LogP contribution in [0.15, 0.2) is 30.3 Å². The number of amides is 3. The SMILES string of the molecule is COc1ccc(NC(=O)COCCOCCOCCNC(=O)CCO[C@@H]2CCC3C4CCc5cc(C)ccc5C4CCC32C)c(O)c1C(N)=O. The number of nitrogens with one attached hydrogen (secondary N) is 2. The van der Waals surface area contributed by atoms with E-state index in [1.165, 1.54) is 56.9 Å². The summed E-state index contributed by atoms with van der Waals surface area (Å²) in [6.07, 6.45) is 7.75. The molecule has 3 aliphatic carbocycles. The molecule has 5 atom stereocenters. The third kappa shape index (κ3) is 8.95. The molecule has 3 amide bonds. The maximum absolute atomic E-state index is 12.4. The molecule has 0 bridgehead atoms. The maximum Gasteiger partial charge on any atom is 0.256 e. The van der Waals surface area contributed by atoms with E-state index in [1.54, 1.807) is 11.1 Å². The van der Waals surface area contributed by atoms with E-state index in [0.717, 1.165) is 12.3 Å². The van der Waals surface area contributed by atoms with Crippen LogP contribution >= 0.6 is 0 Å². The lowest BCUT2D eigenvalue weighted by molar-refractivity contribution is -0.124. The molecule has 5 rings (SSSR count). The van der Waals surface area contributed by atoms with Gasteiger partial charge in [0.15, 0.2) is 5.75 Å². The lowest BCUT2D eigenvalue weighted by Crippen LogP contribution is -2.45. The van der Waals surface area contributed by atoms with Crippen LogP contribution in [0, 0.1) is 24.2 Å². The van der Waals surface area contributed by atoms with Gasteiger partial charge < -0.3 is 45.2 Å². The number of benzene rings is 2. The van der Waals surface area contributed by atoms with Gasteiger partial charge in [0.1, 0.15) is 17.9 Å². The topological polar surface area (TPSA) is 168 Å². The highest BCUT2D eigenvalue weighted by atomic mass is 16.5. The lowest BCUT2D eigenvalue weighted by atomic mass is 9.55. The summed E-state index contributed by atoms with van der Waals surface area (Å²) >= 11 is 0. The first-order chi connectivity index (χ1) is 24.1. The van der Waals surface area contributed by atoms with Crippen LogP contribution in [0.3, 0.4) is 0 Å². The number of hydrogen-bond donors (Lipinski definition) is 4. The molecule has 2 fully saturated rings. The van der Waals surface area contributed by atoms with Gasteiger partial charge >= 0.3 is 0 Å². The first kappa shape index (κ1) is 37.5. The summed E-state index contributed by atoms with van der Waals surface area (Å²) in [5.74, 6) is 0.282. The van der Waals surface area contributed by atoms with Crippen molar-refractivity contribution in [1.82, 2.24) is 5.32 Å². The molecule has 0 radical (unpaired) electrons. The highest BCUT2D eigenvalue weighted by molar-refractivity contribution is 6.02. The zero-order valence-electron chi connectivity index (χ0n) is 29.6. The van der Waals surface area contributed by atoms with Crippen LogP contribution in [-0.4, -0.2) is 88.8 Å². The molecule has 3 aliphatic rings. The Bertz CT molecular complexity index is 1500. The number of nitrogens with two attached hydrogens (primary N) is 1. The van der Waals surface area contributed by atoms with Gasteiger partial charge in [-0.25, -0.2) is 0 Å². The van der Waals surface area contributed by atoms with Gasteiger partial charge in [0, 0.05) is 13.0 Å². The predicted molar refractivity (Wildman–Crippen MR) is 187 cm³/mol. The minimum Gasteiger partial charge on any atom is -0.505 e. The highest BCUT2D eigenvalue weighted by Gasteiger charge is 2.55. The van der Waals surface area contributed by atoms with Gasteiger partial charge in [-0.15, -0.1) is 0 Å². The monoisotopic (exact) mass is 695 g/mol. The normalized spacial score (nSPS) is 23.7. The number of methoxy groups -OCH3 is 1. The Morgan fingerprint density at radius 2 is 1.70 bits per heavy atom. The van der Waals surface area contributed by atoms with Gasteiger partial charge in [0.25, 0.3) is 5.91 Å². The van der Waals surface area contributed by atoms with Crippen LogP contribution in [0.1, 0.15) is 78.4 Å². The van der Waals surface area contributed by atoms with Crippen molar-refractivity contribution in [2.24, 2.45) is 23.0 Å². The van der Waals surface area contributed by atoms with E-state index < -0.39 is 17.6 Å². The van der Waals surface area contributed by atoms with Crippen molar-refractivity contribution < 1.29 is 43.2 Å². The van der Waals surface area contributed by atoms with Gasteiger partial charge in [0.2, 0.25) is 11.8 Å². The average molecular weight is 696 g/mol. The molecule has 2 aromatic rings. The van der Waals surface area contributed by atoms with Crippen LogP contribution in [0.4, 0.5) is 5.69 Å². The minimum atomic E-state index is -0.886. The van der Waals surface area contributed by atoms with Crippen molar-refractivity contribution in [3.05, 3.63) is 52.6 Å². The van der Waals surface area contributed by atoms with E-state index in [4.69, 9.17) is 29.4 Å². The quantitative estimate of drug-likeness (QED) is 0.132. The summed E-state index contributed by atoms with van der Waals surface area (Å²) in [4.78, 5) is 36.2. The second-order valence-electron chi connectivity index (χ2n) is 13.9. The third-order valence-corrected chi connectivity index (χ3v) is 10.9. The number of fused-ring (bicyclic) bond motifs is 5. The number of carbonyl (C=O) groups excluding carboxylic acids is 3. The van der Waals surface area contributed by atoms with Crippen LogP contribution in [0.2, 0.25) is 0 Å². The fraction of sp³-hybridized carbons (Fsp3) is 0.605. The van der Waals surface area contributed by atoms with Crippen molar-refractivity contribution in [3.63, 3.8) is 0 Å². The molecule has 5 N–H and O–H groups in total. The summed E-state index contributed by atoms with van der Waals surface area (Å²) < 4.78 is 27.7. The summed E-state index contributed by atoms with van der Waals surface area (Å²) in [5, 5.41) is 15.6. The second-order valence-corrected chi connectivity index (χ2v) is 13.9. The highest BCUT2D eigenvalue weighted by Crippen LogP contribution is 2.61. The lowest BCUT2D eigenvalue weighted by Gasteiger charge is -2.50. The summed E-state index contributed by atoms with van der Waals surface area (Å²) in [6, 6.07) is 9.87. The largest absolute Gasteiger partial charge is 0.505 e. The number of rotatable bonds is 18. The molecule has 0 aliphatic heterocycles. The number of aromatic hydroxyl groups is 1.